The maximum Gasteiger partial charge on any atom is 0.142 e. The fraction of sp³-hybridized carbons (Fsp3) is 0.455. The number of fused-ring (bicyclic) bond motifs is 1. The quantitative estimate of drug-likeness (QED) is 0.769. The third-order valence-electron chi connectivity index (χ3n) is 2.22. The summed E-state index contributed by atoms with van der Waals surface area (Å²) in [5.74, 6) is 0.971. The fourth-order valence-electron chi connectivity index (χ4n) is 1.65. The number of rotatable bonds is 2. The molecule has 0 saturated carbocycles. The molecule has 3 heteroatoms. The van der Waals surface area contributed by atoms with Crippen LogP contribution in [-0.4, -0.2) is 32.1 Å². The molecule has 0 atom stereocenters. The first kappa shape index (κ1) is 9.34. The van der Waals surface area contributed by atoms with Crippen molar-refractivity contribution in [2.45, 2.75) is 6.54 Å². The Morgan fingerprint density at radius 3 is 3.07 bits per heavy atom. The average molecular weight is 192 g/mol. The van der Waals surface area contributed by atoms with Gasteiger partial charge in [0.1, 0.15) is 12.4 Å². The normalized spacial score (nSPS) is 14.5. The highest BCUT2D eigenvalue weighted by Crippen LogP contribution is 2.28. The van der Waals surface area contributed by atoms with Crippen LogP contribution in [0.2, 0.25) is 0 Å². The van der Waals surface area contributed by atoms with E-state index in [0.29, 0.717) is 0 Å². The van der Waals surface area contributed by atoms with Crippen LogP contribution in [0.5, 0.6) is 5.75 Å². The molecule has 0 bridgehead atoms. The summed E-state index contributed by atoms with van der Waals surface area (Å²) in [6, 6.07) is 6.32. The van der Waals surface area contributed by atoms with Gasteiger partial charge in [0.15, 0.2) is 0 Å². The molecule has 0 amide bonds. The molecule has 0 radical (unpaired) electrons. The van der Waals surface area contributed by atoms with E-state index in [0.717, 1.165) is 31.1 Å². The van der Waals surface area contributed by atoms with E-state index >= 15 is 0 Å². The molecular weight excluding hydrogens is 176 g/mol. The summed E-state index contributed by atoms with van der Waals surface area (Å²) in [5, 5.41) is 3.33. The Kier molecular flexibility index (Phi) is 2.59. The minimum absolute atomic E-state index is 0.764. The van der Waals surface area contributed by atoms with E-state index in [-0.39, 0.29) is 0 Å². The molecule has 0 aromatic heterocycles. The van der Waals surface area contributed by atoms with Gasteiger partial charge in [0, 0.05) is 13.1 Å². The molecule has 3 nitrogen and oxygen atoms in total. The summed E-state index contributed by atoms with van der Waals surface area (Å²) in [6.07, 6.45) is 0. The van der Waals surface area contributed by atoms with E-state index in [9.17, 15) is 0 Å². The van der Waals surface area contributed by atoms with Crippen LogP contribution < -0.4 is 10.1 Å². The number of anilines is 1. The third kappa shape index (κ3) is 1.99. The topological polar surface area (TPSA) is 24.5 Å². The molecule has 0 fully saturated rings. The molecule has 1 heterocycles. The van der Waals surface area contributed by atoms with Crippen molar-refractivity contribution in [2.24, 2.45) is 0 Å². The van der Waals surface area contributed by atoms with Crippen molar-refractivity contribution in [2.75, 3.05) is 32.6 Å². The average Bonchev–Trinajstić information content (AvgIpc) is 2.17. The van der Waals surface area contributed by atoms with E-state index in [2.05, 4.69) is 36.4 Å². The molecule has 0 aliphatic carbocycles. The van der Waals surface area contributed by atoms with E-state index < -0.39 is 0 Å². The number of benzene rings is 1. The molecule has 2 rings (SSSR count). The lowest BCUT2D eigenvalue weighted by Crippen LogP contribution is -2.18. The molecule has 0 saturated heterocycles. The Hall–Kier alpha value is -1.22. The van der Waals surface area contributed by atoms with Crippen LogP contribution in [0.25, 0.3) is 0 Å². The van der Waals surface area contributed by atoms with Crippen LogP contribution in [0.3, 0.4) is 0 Å². The lowest BCUT2D eigenvalue weighted by atomic mass is 10.1. The van der Waals surface area contributed by atoms with Gasteiger partial charge in [0.2, 0.25) is 0 Å². The predicted molar refractivity (Wildman–Crippen MR) is 57.8 cm³/mol. The van der Waals surface area contributed by atoms with Crippen molar-refractivity contribution >= 4 is 5.69 Å². The zero-order valence-corrected chi connectivity index (χ0v) is 8.71. The molecule has 1 aromatic carbocycles. The second-order valence-electron chi connectivity index (χ2n) is 3.84. The van der Waals surface area contributed by atoms with Crippen LogP contribution in [0, 0.1) is 0 Å². The first-order valence-corrected chi connectivity index (χ1v) is 4.90. The summed E-state index contributed by atoms with van der Waals surface area (Å²) in [6.45, 7) is 2.63. The molecule has 1 aliphatic rings. The van der Waals surface area contributed by atoms with Gasteiger partial charge in [-0.25, -0.2) is 0 Å². The van der Waals surface area contributed by atoms with Crippen molar-refractivity contribution in [1.82, 2.24) is 4.90 Å². The predicted octanol–water partition coefficient (Wildman–Crippen LogP) is 1.55. The summed E-state index contributed by atoms with van der Waals surface area (Å²) in [7, 11) is 4.15. The molecule has 1 aromatic rings. The summed E-state index contributed by atoms with van der Waals surface area (Å²) in [4.78, 5) is 2.16. The van der Waals surface area contributed by atoms with E-state index in [1.165, 1.54) is 5.56 Å². The van der Waals surface area contributed by atoms with Gasteiger partial charge in [-0.05, 0) is 31.8 Å². The highest BCUT2D eigenvalue weighted by atomic mass is 16.5. The van der Waals surface area contributed by atoms with Crippen molar-refractivity contribution in [3.8, 4) is 5.75 Å². The maximum absolute atomic E-state index is 5.51. The Labute approximate surface area is 84.7 Å². The summed E-state index contributed by atoms with van der Waals surface area (Å²) >= 11 is 0. The number of ether oxygens (including phenoxy) is 1. The van der Waals surface area contributed by atoms with E-state index in [1.807, 2.05) is 6.07 Å². The summed E-state index contributed by atoms with van der Waals surface area (Å²) in [5.41, 5.74) is 2.43. The number of hydrogen-bond acceptors (Lipinski definition) is 3. The molecule has 1 aliphatic heterocycles. The van der Waals surface area contributed by atoms with E-state index in [4.69, 9.17) is 4.74 Å². The molecular formula is C11H16N2O. The lowest BCUT2D eigenvalue weighted by molar-refractivity contribution is 0.323. The van der Waals surface area contributed by atoms with Crippen molar-refractivity contribution < 1.29 is 4.74 Å². The monoisotopic (exact) mass is 192 g/mol. The maximum atomic E-state index is 5.51. The lowest BCUT2D eigenvalue weighted by Gasteiger charge is -2.20. The van der Waals surface area contributed by atoms with Gasteiger partial charge in [-0.2, -0.15) is 0 Å². The van der Waals surface area contributed by atoms with Crippen molar-refractivity contribution in [3.05, 3.63) is 23.8 Å². The summed E-state index contributed by atoms with van der Waals surface area (Å²) < 4.78 is 5.51. The zero-order chi connectivity index (χ0) is 9.97. The molecule has 0 unspecified atom stereocenters. The van der Waals surface area contributed by atoms with Crippen LogP contribution in [0.15, 0.2) is 18.2 Å². The van der Waals surface area contributed by atoms with Gasteiger partial charge >= 0.3 is 0 Å². The Bertz CT molecular complexity index is 323. The molecule has 0 spiro atoms. The first-order chi connectivity index (χ1) is 6.75. The van der Waals surface area contributed by atoms with Crippen LogP contribution in [0.1, 0.15) is 5.56 Å². The van der Waals surface area contributed by atoms with Crippen molar-refractivity contribution in [1.29, 1.82) is 0 Å². The Morgan fingerprint density at radius 2 is 2.29 bits per heavy atom. The van der Waals surface area contributed by atoms with Crippen molar-refractivity contribution in [3.63, 3.8) is 0 Å². The molecule has 76 valence electrons. The third-order valence-corrected chi connectivity index (χ3v) is 2.22. The second-order valence-corrected chi connectivity index (χ2v) is 3.84. The van der Waals surface area contributed by atoms with Crippen LogP contribution >= 0.6 is 0 Å². The van der Waals surface area contributed by atoms with Gasteiger partial charge in [0.25, 0.3) is 0 Å². The minimum Gasteiger partial charge on any atom is -0.490 e. The fourth-order valence-corrected chi connectivity index (χ4v) is 1.65. The van der Waals surface area contributed by atoms with Crippen LogP contribution in [-0.2, 0) is 6.54 Å². The number of nitrogens with zero attached hydrogens (tertiary/aromatic N) is 1. The molecule has 14 heavy (non-hydrogen) atoms. The largest absolute Gasteiger partial charge is 0.490 e. The number of nitrogens with one attached hydrogen (secondary N) is 1. The molecule has 1 N–H and O–H groups in total. The highest BCUT2D eigenvalue weighted by Gasteiger charge is 2.09. The first-order valence-electron chi connectivity index (χ1n) is 4.90. The van der Waals surface area contributed by atoms with Crippen LogP contribution in [0.4, 0.5) is 5.69 Å². The van der Waals surface area contributed by atoms with Gasteiger partial charge in [-0.3, -0.25) is 0 Å². The van der Waals surface area contributed by atoms with E-state index in [1.54, 1.807) is 0 Å². The van der Waals surface area contributed by atoms with Gasteiger partial charge < -0.3 is 15.0 Å². The standard InChI is InChI=1S/C11H16N2O/c1-13(2)8-9-3-4-11-10(7-9)12-5-6-14-11/h3-4,7,12H,5-6,8H2,1-2H3. The SMILES string of the molecule is CN(C)Cc1ccc2c(c1)NCCO2. The van der Waals surface area contributed by atoms with Gasteiger partial charge in [-0.15, -0.1) is 0 Å². The zero-order valence-electron chi connectivity index (χ0n) is 8.71. The van der Waals surface area contributed by atoms with Gasteiger partial charge in [0.05, 0.1) is 5.69 Å². The number of hydrogen-bond donors (Lipinski definition) is 1. The minimum atomic E-state index is 0.764. The Balaban J connectivity index is 2.20. The second kappa shape index (κ2) is 3.88. The Morgan fingerprint density at radius 1 is 1.43 bits per heavy atom. The highest BCUT2D eigenvalue weighted by molar-refractivity contribution is 5.59. The smallest absolute Gasteiger partial charge is 0.142 e. The van der Waals surface area contributed by atoms with Gasteiger partial charge in [-0.1, -0.05) is 6.07 Å².